The Bertz CT molecular complexity index is 1090. The van der Waals surface area contributed by atoms with Gasteiger partial charge in [-0.05, 0) is 48.4 Å². The molecule has 1 heterocycles. The van der Waals surface area contributed by atoms with E-state index in [1.165, 1.54) is 5.56 Å². The fraction of sp³-hybridized carbons (Fsp3) is 0.174. The normalized spacial score (nSPS) is 12.2. The Morgan fingerprint density at radius 3 is 2.57 bits per heavy atom. The molecule has 2 N–H and O–H groups in total. The maximum absolute atomic E-state index is 9.39. The predicted octanol–water partition coefficient (Wildman–Crippen LogP) is 5.40. The number of imidazole rings is 1. The van der Waals surface area contributed by atoms with Gasteiger partial charge in [0.2, 0.25) is 0 Å². The SMILES string of the molecule is C[C@@H](Nc1cccc(CO)c1)c1nc2cc(Cl)ccc2n1Cc1ccccc1. The second kappa shape index (κ2) is 8.05. The van der Waals surface area contributed by atoms with Crippen LogP contribution in [0.1, 0.15) is 29.9 Å². The van der Waals surface area contributed by atoms with Crippen molar-refractivity contribution < 1.29 is 5.11 Å². The summed E-state index contributed by atoms with van der Waals surface area (Å²) in [6.07, 6.45) is 0. The smallest absolute Gasteiger partial charge is 0.132 e. The van der Waals surface area contributed by atoms with Gasteiger partial charge in [-0.2, -0.15) is 0 Å². The van der Waals surface area contributed by atoms with Gasteiger partial charge in [0.25, 0.3) is 0 Å². The van der Waals surface area contributed by atoms with Crippen molar-refractivity contribution in [2.75, 3.05) is 5.32 Å². The van der Waals surface area contributed by atoms with Crippen LogP contribution >= 0.6 is 11.6 Å². The molecule has 0 radical (unpaired) electrons. The average Bonchev–Trinajstić information content (AvgIpc) is 3.06. The number of rotatable bonds is 6. The van der Waals surface area contributed by atoms with E-state index in [0.717, 1.165) is 34.7 Å². The molecule has 1 atom stereocenters. The third-order valence-corrected chi connectivity index (χ3v) is 5.04. The van der Waals surface area contributed by atoms with E-state index in [1.54, 1.807) is 0 Å². The molecule has 28 heavy (non-hydrogen) atoms. The second-order valence-corrected chi connectivity index (χ2v) is 7.34. The molecule has 1 aromatic heterocycles. The van der Waals surface area contributed by atoms with Crippen molar-refractivity contribution in [1.82, 2.24) is 9.55 Å². The molecular weight excluding hydrogens is 370 g/mol. The monoisotopic (exact) mass is 391 g/mol. The number of halogens is 1. The molecule has 0 aliphatic carbocycles. The lowest BCUT2D eigenvalue weighted by molar-refractivity contribution is 0.282. The van der Waals surface area contributed by atoms with Crippen molar-refractivity contribution in [2.24, 2.45) is 0 Å². The molecule has 3 aromatic carbocycles. The highest BCUT2D eigenvalue weighted by Gasteiger charge is 2.17. The van der Waals surface area contributed by atoms with Gasteiger partial charge in [-0.1, -0.05) is 54.1 Å². The summed E-state index contributed by atoms with van der Waals surface area (Å²) in [5, 5.41) is 13.6. The van der Waals surface area contributed by atoms with E-state index in [9.17, 15) is 5.11 Å². The van der Waals surface area contributed by atoms with Gasteiger partial charge in [0.1, 0.15) is 5.82 Å². The Morgan fingerprint density at radius 1 is 1.00 bits per heavy atom. The zero-order chi connectivity index (χ0) is 19.5. The maximum atomic E-state index is 9.39. The molecule has 0 spiro atoms. The number of hydrogen-bond acceptors (Lipinski definition) is 3. The van der Waals surface area contributed by atoms with E-state index in [2.05, 4.69) is 28.9 Å². The van der Waals surface area contributed by atoms with Crippen molar-refractivity contribution in [3.05, 3.63) is 94.8 Å². The Balaban J connectivity index is 1.73. The summed E-state index contributed by atoms with van der Waals surface area (Å²) in [5.74, 6) is 0.940. The van der Waals surface area contributed by atoms with Gasteiger partial charge >= 0.3 is 0 Å². The first-order valence-electron chi connectivity index (χ1n) is 9.30. The third-order valence-electron chi connectivity index (χ3n) is 4.80. The van der Waals surface area contributed by atoms with E-state index in [4.69, 9.17) is 16.6 Å². The molecular formula is C23H22ClN3O. The highest BCUT2D eigenvalue weighted by atomic mass is 35.5. The van der Waals surface area contributed by atoms with Gasteiger partial charge in [0, 0.05) is 17.3 Å². The van der Waals surface area contributed by atoms with Crippen LogP contribution in [-0.4, -0.2) is 14.7 Å². The second-order valence-electron chi connectivity index (χ2n) is 6.90. The standard InChI is InChI=1S/C23H22ClN3O/c1-16(25-20-9-5-8-18(12-20)15-28)23-26-21-13-19(24)10-11-22(21)27(23)14-17-6-3-2-4-7-17/h2-13,16,25,28H,14-15H2,1H3/t16-/m1/s1. The third kappa shape index (κ3) is 3.88. The molecule has 4 rings (SSSR count). The minimum atomic E-state index is -0.0242. The van der Waals surface area contributed by atoms with Crippen molar-refractivity contribution in [1.29, 1.82) is 0 Å². The number of aromatic nitrogens is 2. The van der Waals surface area contributed by atoms with Crippen LogP contribution in [0.25, 0.3) is 11.0 Å². The Hall–Kier alpha value is -2.82. The van der Waals surface area contributed by atoms with Crippen LogP contribution in [0.15, 0.2) is 72.8 Å². The molecule has 0 fully saturated rings. The minimum absolute atomic E-state index is 0.0227. The Labute approximate surface area is 169 Å². The van der Waals surface area contributed by atoms with Gasteiger partial charge in [-0.3, -0.25) is 0 Å². The lowest BCUT2D eigenvalue weighted by Crippen LogP contribution is -2.14. The summed E-state index contributed by atoms with van der Waals surface area (Å²) < 4.78 is 2.23. The van der Waals surface area contributed by atoms with Crippen LogP contribution < -0.4 is 5.32 Å². The largest absolute Gasteiger partial charge is 0.392 e. The fourth-order valence-electron chi connectivity index (χ4n) is 3.46. The number of benzene rings is 3. The number of anilines is 1. The van der Waals surface area contributed by atoms with Gasteiger partial charge in [-0.15, -0.1) is 0 Å². The fourth-order valence-corrected chi connectivity index (χ4v) is 3.62. The number of nitrogens with one attached hydrogen (secondary N) is 1. The predicted molar refractivity (Wildman–Crippen MR) is 115 cm³/mol. The first-order chi connectivity index (χ1) is 13.6. The van der Waals surface area contributed by atoms with Crippen molar-refractivity contribution in [2.45, 2.75) is 26.1 Å². The summed E-state index contributed by atoms with van der Waals surface area (Å²) in [6, 6.07) is 24.0. The molecule has 0 saturated heterocycles. The summed E-state index contributed by atoms with van der Waals surface area (Å²) in [7, 11) is 0. The molecule has 142 valence electrons. The quantitative estimate of drug-likeness (QED) is 0.462. The van der Waals surface area contributed by atoms with Crippen LogP contribution in [0, 0.1) is 0 Å². The molecule has 0 bridgehead atoms. The molecule has 0 aliphatic heterocycles. The minimum Gasteiger partial charge on any atom is -0.392 e. The first-order valence-corrected chi connectivity index (χ1v) is 9.68. The zero-order valence-corrected chi connectivity index (χ0v) is 16.4. The number of hydrogen-bond donors (Lipinski definition) is 2. The van der Waals surface area contributed by atoms with Crippen LogP contribution in [0.3, 0.4) is 0 Å². The van der Waals surface area contributed by atoms with Crippen molar-refractivity contribution in [3.63, 3.8) is 0 Å². The number of aliphatic hydroxyl groups excluding tert-OH is 1. The van der Waals surface area contributed by atoms with Gasteiger partial charge in [0.05, 0.1) is 23.7 Å². The number of aliphatic hydroxyl groups is 1. The Morgan fingerprint density at radius 2 is 1.79 bits per heavy atom. The van der Waals surface area contributed by atoms with Crippen molar-refractivity contribution >= 4 is 28.3 Å². The molecule has 4 aromatic rings. The summed E-state index contributed by atoms with van der Waals surface area (Å²) in [6.45, 7) is 2.85. The maximum Gasteiger partial charge on any atom is 0.132 e. The molecule has 0 unspecified atom stereocenters. The lowest BCUT2D eigenvalue weighted by atomic mass is 10.2. The first kappa shape index (κ1) is 18.5. The number of fused-ring (bicyclic) bond motifs is 1. The topological polar surface area (TPSA) is 50.1 Å². The molecule has 5 heteroatoms. The molecule has 0 amide bonds. The summed E-state index contributed by atoms with van der Waals surface area (Å²) in [5.41, 5.74) is 4.99. The van der Waals surface area contributed by atoms with Gasteiger partial charge in [0.15, 0.2) is 0 Å². The highest BCUT2D eigenvalue weighted by Crippen LogP contribution is 2.27. The van der Waals surface area contributed by atoms with E-state index in [0.29, 0.717) is 5.02 Å². The zero-order valence-electron chi connectivity index (χ0n) is 15.6. The van der Waals surface area contributed by atoms with Crippen LogP contribution in [-0.2, 0) is 13.2 Å². The summed E-state index contributed by atoms with van der Waals surface area (Å²) >= 11 is 6.19. The molecule has 0 aliphatic rings. The van der Waals surface area contributed by atoms with E-state index >= 15 is 0 Å². The van der Waals surface area contributed by atoms with Crippen LogP contribution in [0.5, 0.6) is 0 Å². The van der Waals surface area contributed by atoms with E-state index in [-0.39, 0.29) is 12.6 Å². The molecule has 0 saturated carbocycles. The van der Waals surface area contributed by atoms with Crippen molar-refractivity contribution in [3.8, 4) is 0 Å². The highest BCUT2D eigenvalue weighted by molar-refractivity contribution is 6.31. The lowest BCUT2D eigenvalue weighted by Gasteiger charge is -2.18. The average molecular weight is 392 g/mol. The van der Waals surface area contributed by atoms with Gasteiger partial charge < -0.3 is 15.0 Å². The number of nitrogens with zero attached hydrogens (tertiary/aromatic N) is 2. The van der Waals surface area contributed by atoms with Crippen LogP contribution in [0.2, 0.25) is 5.02 Å². The molecule has 4 nitrogen and oxygen atoms in total. The van der Waals surface area contributed by atoms with E-state index < -0.39 is 0 Å². The van der Waals surface area contributed by atoms with Crippen LogP contribution in [0.4, 0.5) is 5.69 Å². The van der Waals surface area contributed by atoms with Gasteiger partial charge in [-0.25, -0.2) is 4.98 Å². The van der Waals surface area contributed by atoms with E-state index in [1.807, 2.05) is 60.7 Å². The summed E-state index contributed by atoms with van der Waals surface area (Å²) in [4.78, 5) is 4.87. The Kier molecular flexibility index (Phi) is 5.33.